The first-order valence-corrected chi connectivity index (χ1v) is 13.5. The highest BCUT2D eigenvalue weighted by molar-refractivity contribution is 5.77. The molecule has 1 aliphatic carbocycles. The number of nitrogens with zero attached hydrogens (tertiary/aromatic N) is 7. The lowest BCUT2D eigenvalue weighted by molar-refractivity contribution is 0.0224. The van der Waals surface area contributed by atoms with Crippen molar-refractivity contribution >= 4 is 28.8 Å². The lowest BCUT2D eigenvalue weighted by Crippen LogP contribution is -2.39. The number of ether oxygens (including phenoxy) is 1. The smallest absolute Gasteiger partial charge is 0.410 e. The lowest BCUT2D eigenvalue weighted by Gasteiger charge is -2.31. The Bertz CT molecular complexity index is 1620. The van der Waals surface area contributed by atoms with Gasteiger partial charge in [-0.1, -0.05) is 6.07 Å². The van der Waals surface area contributed by atoms with Crippen LogP contribution in [0.2, 0.25) is 0 Å². The van der Waals surface area contributed by atoms with Gasteiger partial charge in [0, 0.05) is 43.3 Å². The van der Waals surface area contributed by atoms with Crippen LogP contribution in [0.25, 0.3) is 16.9 Å². The van der Waals surface area contributed by atoms with E-state index in [4.69, 9.17) is 14.8 Å². The molecule has 11 heteroatoms. The van der Waals surface area contributed by atoms with Gasteiger partial charge in [0.05, 0.1) is 6.04 Å². The Kier molecular flexibility index (Phi) is 5.96. The highest BCUT2D eigenvalue weighted by Gasteiger charge is 2.27. The van der Waals surface area contributed by atoms with E-state index >= 15 is 0 Å². The quantitative estimate of drug-likeness (QED) is 0.397. The summed E-state index contributed by atoms with van der Waals surface area (Å²) in [6.45, 7) is 10.6. The lowest BCUT2D eigenvalue weighted by atomic mass is 9.99. The van der Waals surface area contributed by atoms with Crippen molar-refractivity contribution in [3.63, 3.8) is 0 Å². The second kappa shape index (κ2) is 9.25. The van der Waals surface area contributed by atoms with E-state index in [-0.39, 0.29) is 17.7 Å². The SMILES string of the molecule is CC(C)n1c(=O)c2cnc(Nc3ccc4c(c3)CN(C(=O)OC(C)(C)C)CC4)nc2n1-c1ccn(C2CC2)n1. The van der Waals surface area contributed by atoms with Crippen LogP contribution in [-0.4, -0.2) is 52.3 Å². The minimum absolute atomic E-state index is 0.0947. The fourth-order valence-corrected chi connectivity index (χ4v) is 4.98. The molecular formula is C28H34N8O3. The summed E-state index contributed by atoms with van der Waals surface area (Å²) in [4.78, 5) is 36.9. The van der Waals surface area contributed by atoms with Crippen LogP contribution in [0.15, 0.2) is 41.5 Å². The minimum atomic E-state index is -0.540. The van der Waals surface area contributed by atoms with Gasteiger partial charge in [-0.15, -0.1) is 0 Å². The van der Waals surface area contributed by atoms with Crippen molar-refractivity contribution in [1.82, 2.24) is 34.0 Å². The number of anilines is 2. The molecule has 1 saturated carbocycles. The maximum atomic E-state index is 13.3. The first-order valence-electron chi connectivity index (χ1n) is 13.5. The van der Waals surface area contributed by atoms with Crippen molar-refractivity contribution in [2.24, 2.45) is 0 Å². The fraction of sp³-hybridized carbons (Fsp3) is 0.464. The highest BCUT2D eigenvalue weighted by atomic mass is 16.6. The summed E-state index contributed by atoms with van der Waals surface area (Å²) in [6, 6.07) is 8.33. The van der Waals surface area contributed by atoms with E-state index in [0.717, 1.165) is 30.5 Å². The van der Waals surface area contributed by atoms with Crippen LogP contribution in [0.5, 0.6) is 0 Å². The Morgan fingerprint density at radius 3 is 2.67 bits per heavy atom. The Morgan fingerprint density at radius 1 is 1.15 bits per heavy atom. The number of carbonyl (C=O) groups is 1. The molecular weight excluding hydrogens is 496 g/mol. The molecule has 4 heterocycles. The number of rotatable bonds is 5. The summed E-state index contributed by atoms with van der Waals surface area (Å²) in [5.74, 6) is 1.03. The maximum Gasteiger partial charge on any atom is 0.410 e. The molecule has 1 amide bonds. The van der Waals surface area contributed by atoms with Gasteiger partial charge in [0.2, 0.25) is 5.95 Å². The third-order valence-electron chi connectivity index (χ3n) is 6.97. The zero-order valence-electron chi connectivity index (χ0n) is 23.0. The van der Waals surface area contributed by atoms with Crippen molar-refractivity contribution in [1.29, 1.82) is 0 Å². The van der Waals surface area contributed by atoms with E-state index in [1.165, 1.54) is 5.56 Å². The predicted octanol–water partition coefficient (Wildman–Crippen LogP) is 4.73. The molecule has 0 radical (unpaired) electrons. The third kappa shape index (κ3) is 4.88. The van der Waals surface area contributed by atoms with Crippen molar-refractivity contribution in [2.45, 2.75) is 78.1 Å². The second-order valence-corrected chi connectivity index (χ2v) is 11.6. The third-order valence-corrected chi connectivity index (χ3v) is 6.97. The molecule has 3 aromatic heterocycles. The molecule has 39 heavy (non-hydrogen) atoms. The van der Waals surface area contributed by atoms with Gasteiger partial charge in [-0.25, -0.2) is 19.1 Å². The van der Waals surface area contributed by atoms with Gasteiger partial charge >= 0.3 is 6.09 Å². The van der Waals surface area contributed by atoms with Crippen LogP contribution in [0.3, 0.4) is 0 Å². The number of fused-ring (bicyclic) bond motifs is 2. The van der Waals surface area contributed by atoms with Crippen LogP contribution in [0, 0.1) is 0 Å². The molecule has 1 aliphatic heterocycles. The van der Waals surface area contributed by atoms with Gasteiger partial charge in [-0.05, 0) is 77.1 Å². The number of hydrogen-bond donors (Lipinski definition) is 1. The predicted molar refractivity (Wildman–Crippen MR) is 148 cm³/mol. The molecule has 0 unspecified atom stereocenters. The summed E-state index contributed by atoms with van der Waals surface area (Å²) < 4.78 is 11.0. The molecule has 11 nitrogen and oxygen atoms in total. The zero-order chi connectivity index (χ0) is 27.5. The molecule has 0 atom stereocenters. The standard InChI is InChI=1S/C28H34N8O3/c1-17(2)35-25(37)22-15-29-26(31-24(22)36(35)23-11-13-34(32-23)21-8-9-21)30-20-7-6-18-10-12-33(16-19(18)14-20)27(38)39-28(3,4)5/h6-7,11,13-15,17,21H,8-10,12,16H2,1-5H3,(H,29,30,31). The fourth-order valence-electron chi connectivity index (χ4n) is 4.98. The molecule has 0 saturated heterocycles. The molecule has 1 fully saturated rings. The molecule has 1 aromatic carbocycles. The Hall–Kier alpha value is -4.15. The van der Waals surface area contributed by atoms with Crippen molar-refractivity contribution in [3.8, 4) is 5.82 Å². The number of hydrogen-bond acceptors (Lipinski definition) is 7. The van der Waals surface area contributed by atoms with Crippen LogP contribution in [0.4, 0.5) is 16.4 Å². The van der Waals surface area contributed by atoms with Gasteiger partial charge in [-0.2, -0.15) is 10.1 Å². The van der Waals surface area contributed by atoms with Crippen LogP contribution < -0.4 is 10.9 Å². The number of benzene rings is 1. The molecule has 4 aromatic rings. The second-order valence-electron chi connectivity index (χ2n) is 11.6. The largest absolute Gasteiger partial charge is 0.444 e. The van der Waals surface area contributed by atoms with E-state index in [0.29, 0.717) is 41.9 Å². The van der Waals surface area contributed by atoms with E-state index < -0.39 is 5.60 Å². The average molecular weight is 531 g/mol. The van der Waals surface area contributed by atoms with Gasteiger partial charge in [0.25, 0.3) is 5.56 Å². The molecule has 6 rings (SSSR count). The van der Waals surface area contributed by atoms with Crippen molar-refractivity contribution in [2.75, 3.05) is 11.9 Å². The number of amides is 1. The van der Waals surface area contributed by atoms with E-state index in [2.05, 4.69) is 16.4 Å². The zero-order valence-corrected chi connectivity index (χ0v) is 23.0. The Labute approximate surface area is 226 Å². The number of aromatic nitrogens is 6. The molecule has 0 spiro atoms. The first kappa shape index (κ1) is 25.1. The molecule has 1 N–H and O–H groups in total. The van der Waals surface area contributed by atoms with Gasteiger partial charge in [-0.3, -0.25) is 9.48 Å². The highest BCUT2D eigenvalue weighted by Crippen LogP contribution is 2.34. The first-order chi connectivity index (χ1) is 18.6. The van der Waals surface area contributed by atoms with Gasteiger partial charge < -0.3 is 15.0 Å². The Morgan fingerprint density at radius 2 is 1.95 bits per heavy atom. The van der Waals surface area contributed by atoms with Crippen LogP contribution in [-0.2, 0) is 17.7 Å². The Balaban J connectivity index is 1.31. The number of nitrogens with one attached hydrogen (secondary N) is 1. The topological polar surface area (TPSA) is 112 Å². The summed E-state index contributed by atoms with van der Waals surface area (Å²) >= 11 is 0. The monoisotopic (exact) mass is 530 g/mol. The number of carbonyl (C=O) groups excluding carboxylic acids is 1. The summed E-state index contributed by atoms with van der Waals surface area (Å²) in [6.07, 6.45) is 6.23. The molecule has 204 valence electrons. The summed E-state index contributed by atoms with van der Waals surface area (Å²) in [5.41, 5.74) is 2.86. The van der Waals surface area contributed by atoms with Gasteiger partial charge in [0.15, 0.2) is 11.5 Å². The van der Waals surface area contributed by atoms with E-state index in [9.17, 15) is 9.59 Å². The van der Waals surface area contributed by atoms with E-state index in [1.807, 2.05) is 63.7 Å². The summed E-state index contributed by atoms with van der Waals surface area (Å²) in [5, 5.41) is 8.48. The van der Waals surface area contributed by atoms with Crippen LogP contribution in [0.1, 0.15) is 70.7 Å². The normalized spacial score (nSPS) is 15.6. The minimum Gasteiger partial charge on any atom is -0.444 e. The maximum absolute atomic E-state index is 13.3. The van der Waals surface area contributed by atoms with Crippen molar-refractivity contribution in [3.05, 3.63) is 58.1 Å². The van der Waals surface area contributed by atoms with Crippen LogP contribution >= 0.6 is 0 Å². The van der Waals surface area contributed by atoms with Crippen molar-refractivity contribution < 1.29 is 9.53 Å². The van der Waals surface area contributed by atoms with E-state index in [1.54, 1.807) is 20.5 Å². The molecule has 0 bridgehead atoms. The summed E-state index contributed by atoms with van der Waals surface area (Å²) in [7, 11) is 0. The average Bonchev–Trinajstić information content (AvgIpc) is 3.54. The molecule has 2 aliphatic rings. The van der Waals surface area contributed by atoms with Gasteiger partial charge in [0.1, 0.15) is 11.0 Å².